The maximum absolute atomic E-state index is 9.17. The van der Waals surface area contributed by atoms with E-state index >= 15 is 0 Å². The first-order chi connectivity index (χ1) is 8.08. The van der Waals surface area contributed by atoms with Crippen molar-refractivity contribution in [1.29, 1.82) is 0 Å². The Balaban J connectivity index is 2.52. The molecule has 0 unspecified atom stereocenters. The summed E-state index contributed by atoms with van der Waals surface area (Å²) in [4.78, 5) is 0. The highest BCUT2D eigenvalue weighted by Crippen LogP contribution is 2.26. The first-order valence-corrected chi connectivity index (χ1v) is 5.61. The predicted octanol–water partition coefficient (Wildman–Crippen LogP) is 2.95. The molecule has 2 rings (SSSR count). The molecule has 0 atom stereocenters. The SMILES string of the molecule is Cc1ccc(C)c(-c2cccc(C(O)O)c2)c1. The average molecular weight is 228 g/mol. The summed E-state index contributed by atoms with van der Waals surface area (Å²) in [5.74, 6) is 0. The van der Waals surface area contributed by atoms with Gasteiger partial charge in [0.05, 0.1) is 0 Å². The van der Waals surface area contributed by atoms with E-state index in [1.165, 1.54) is 11.1 Å². The van der Waals surface area contributed by atoms with Crippen molar-refractivity contribution in [3.63, 3.8) is 0 Å². The van der Waals surface area contributed by atoms with Crippen LogP contribution in [0.3, 0.4) is 0 Å². The first kappa shape index (κ1) is 11.8. The van der Waals surface area contributed by atoms with Gasteiger partial charge in [-0.05, 0) is 36.6 Å². The van der Waals surface area contributed by atoms with Crippen molar-refractivity contribution in [1.82, 2.24) is 0 Å². The number of hydrogen-bond acceptors (Lipinski definition) is 2. The Morgan fingerprint density at radius 1 is 0.941 bits per heavy atom. The van der Waals surface area contributed by atoms with E-state index in [0.717, 1.165) is 11.1 Å². The third-order valence-electron chi connectivity index (χ3n) is 2.89. The highest BCUT2D eigenvalue weighted by Gasteiger charge is 2.06. The van der Waals surface area contributed by atoms with Gasteiger partial charge < -0.3 is 10.2 Å². The van der Waals surface area contributed by atoms with Gasteiger partial charge in [-0.1, -0.05) is 42.0 Å². The zero-order valence-corrected chi connectivity index (χ0v) is 10.0. The maximum Gasteiger partial charge on any atom is 0.178 e. The molecule has 0 bridgehead atoms. The molecule has 0 radical (unpaired) electrons. The van der Waals surface area contributed by atoms with E-state index < -0.39 is 6.29 Å². The zero-order chi connectivity index (χ0) is 12.4. The summed E-state index contributed by atoms with van der Waals surface area (Å²) in [6.45, 7) is 4.10. The molecule has 0 aromatic heterocycles. The Hall–Kier alpha value is -1.64. The van der Waals surface area contributed by atoms with E-state index in [0.29, 0.717) is 5.56 Å². The molecule has 0 aliphatic heterocycles. The fourth-order valence-corrected chi connectivity index (χ4v) is 1.91. The van der Waals surface area contributed by atoms with Crippen molar-refractivity contribution in [2.24, 2.45) is 0 Å². The second-order valence-electron chi connectivity index (χ2n) is 4.32. The van der Waals surface area contributed by atoms with Crippen LogP contribution in [-0.2, 0) is 0 Å². The third-order valence-corrected chi connectivity index (χ3v) is 2.89. The molecule has 88 valence electrons. The van der Waals surface area contributed by atoms with Crippen LogP contribution in [0.1, 0.15) is 23.0 Å². The minimum Gasteiger partial charge on any atom is -0.364 e. The minimum atomic E-state index is -1.42. The quantitative estimate of drug-likeness (QED) is 0.776. The average Bonchev–Trinajstić information content (AvgIpc) is 2.32. The summed E-state index contributed by atoms with van der Waals surface area (Å²) < 4.78 is 0. The van der Waals surface area contributed by atoms with E-state index in [-0.39, 0.29) is 0 Å². The summed E-state index contributed by atoms with van der Waals surface area (Å²) >= 11 is 0. The number of aryl methyl sites for hydroxylation is 2. The van der Waals surface area contributed by atoms with Crippen LogP contribution in [0, 0.1) is 13.8 Å². The van der Waals surface area contributed by atoms with Gasteiger partial charge in [0.1, 0.15) is 0 Å². The molecule has 17 heavy (non-hydrogen) atoms. The van der Waals surface area contributed by atoms with Crippen LogP contribution >= 0.6 is 0 Å². The minimum absolute atomic E-state index is 0.517. The van der Waals surface area contributed by atoms with Gasteiger partial charge in [0.15, 0.2) is 6.29 Å². The highest BCUT2D eigenvalue weighted by molar-refractivity contribution is 5.68. The highest BCUT2D eigenvalue weighted by atomic mass is 16.5. The standard InChI is InChI=1S/C15H16O2/c1-10-6-7-11(2)14(8-10)12-4-3-5-13(9-12)15(16)17/h3-9,15-17H,1-2H3. The molecule has 2 N–H and O–H groups in total. The van der Waals surface area contributed by atoms with E-state index in [1.54, 1.807) is 6.07 Å². The van der Waals surface area contributed by atoms with Gasteiger partial charge in [-0.2, -0.15) is 0 Å². The van der Waals surface area contributed by atoms with E-state index in [9.17, 15) is 10.2 Å². The van der Waals surface area contributed by atoms with Crippen LogP contribution < -0.4 is 0 Å². The van der Waals surface area contributed by atoms with Gasteiger partial charge in [0, 0.05) is 5.56 Å². The first-order valence-electron chi connectivity index (χ1n) is 5.61. The largest absolute Gasteiger partial charge is 0.364 e. The maximum atomic E-state index is 9.17. The van der Waals surface area contributed by atoms with Gasteiger partial charge in [-0.3, -0.25) is 0 Å². The topological polar surface area (TPSA) is 40.5 Å². The molecule has 0 aliphatic carbocycles. The molecule has 0 heterocycles. The summed E-state index contributed by atoms with van der Waals surface area (Å²) in [5, 5.41) is 18.3. The molecule has 0 amide bonds. The summed E-state index contributed by atoms with van der Waals surface area (Å²) in [5.41, 5.74) is 5.04. The van der Waals surface area contributed by atoms with Crippen molar-refractivity contribution >= 4 is 0 Å². The van der Waals surface area contributed by atoms with Crippen LogP contribution in [0.25, 0.3) is 11.1 Å². The Morgan fingerprint density at radius 2 is 1.71 bits per heavy atom. The Morgan fingerprint density at radius 3 is 2.41 bits per heavy atom. The van der Waals surface area contributed by atoms with E-state index in [4.69, 9.17) is 0 Å². The van der Waals surface area contributed by atoms with Crippen LogP contribution in [0.2, 0.25) is 0 Å². The van der Waals surface area contributed by atoms with Gasteiger partial charge >= 0.3 is 0 Å². The molecule has 0 saturated heterocycles. The van der Waals surface area contributed by atoms with Gasteiger partial charge in [-0.15, -0.1) is 0 Å². The number of rotatable bonds is 2. The van der Waals surface area contributed by atoms with Crippen LogP contribution in [-0.4, -0.2) is 10.2 Å². The number of aliphatic hydroxyl groups excluding tert-OH is 1. The molecule has 0 spiro atoms. The normalized spacial score (nSPS) is 10.9. The fraction of sp³-hybridized carbons (Fsp3) is 0.200. The lowest BCUT2D eigenvalue weighted by Crippen LogP contribution is -1.95. The molecule has 0 aliphatic rings. The van der Waals surface area contributed by atoms with E-state index in [1.807, 2.05) is 25.1 Å². The summed E-state index contributed by atoms with van der Waals surface area (Å²) in [6, 6.07) is 13.6. The summed E-state index contributed by atoms with van der Waals surface area (Å²) in [7, 11) is 0. The fourth-order valence-electron chi connectivity index (χ4n) is 1.91. The van der Waals surface area contributed by atoms with Crippen molar-refractivity contribution in [3.05, 3.63) is 59.2 Å². The summed E-state index contributed by atoms with van der Waals surface area (Å²) in [6.07, 6.45) is -1.42. The van der Waals surface area contributed by atoms with Crippen molar-refractivity contribution in [2.45, 2.75) is 20.1 Å². The monoisotopic (exact) mass is 228 g/mol. The van der Waals surface area contributed by atoms with Crippen molar-refractivity contribution in [2.75, 3.05) is 0 Å². The van der Waals surface area contributed by atoms with Crippen molar-refractivity contribution < 1.29 is 10.2 Å². The van der Waals surface area contributed by atoms with Crippen LogP contribution in [0.15, 0.2) is 42.5 Å². The molecule has 2 aromatic carbocycles. The van der Waals surface area contributed by atoms with Crippen LogP contribution in [0.5, 0.6) is 0 Å². The lowest BCUT2D eigenvalue weighted by atomic mass is 9.97. The number of hydrogen-bond donors (Lipinski definition) is 2. The van der Waals surface area contributed by atoms with Crippen molar-refractivity contribution in [3.8, 4) is 11.1 Å². The Labute approximate surface area is 101 Å². The molecule has 0 saturated carbocycles. The second kappa shape index (κ2) is 4.70. The van der Waals surface area contributed by atoms with E-state index in [2.05, 4.69) is 25.1 Å². The van der Waals surface area contributed by atoms with Gasteiger partial charge in [-0.25, -0.2) is 0 Å². The smallest absolute Gasteiger partial charge is 0.178 e. The molecular formula is C15H16O2. The predicted molar refractivity (Wildman–Crippen MR) is 68.5 cm³/mol. The molecular weight excluding hydrogens is 212 g/mol. The van der Waals surface area contributed by atoms with Gasteiger partial charge in [0.2, 0.25) is 0 Å². The van der Waals surface area contributed by atoms with Crippen LogP contribution in [0.4, 0.5) is 0 Å². The molecule has 0 fully saturated rings. The third kappa shape index (κ3) is 2.54. The molecule has 2 nitrogen and oxygen atoms in total. The lowest BCUT2D eigenvalue weighted by Gasteiger charge is -2.10. The number of aliphatic hydroxyl groups is 2. The van der Waals surface area contributed by atoms with Gasteiger partial charge in [0.25, 0.3) is 0 Å². The molecule has 2 heteroatoms. The lowest BCUT2D eigenvalue weighted by molar-refractivity contribution is -0.0424. The zero-order valence-electron chi connectivity index (χ0n) is 10.0. The Bertz CT molecular complexity index is 530. The molecule has 2 aromatic rings. The second-order valence-corrected chi connectivity index (χ2v) is 4.32. The number of benzene rings is 2. The Kier molecular flexibility index (Phi) is 3.27.